The smallest absolute Gasteiger partial charge is 0.173 e. The third-order valence-electron chi connectivity index (χ3n) is 4.66. The largest absolute Gasteiger partial charge is 0.390 e. The third kappa shape index (κ3) is 2.13. The molecular weight excluding hydrogens is 240 g/mol. The molecule has 0 saturated heterocycles. The summed E-state index contributed by atoms with van der Waals surface area (Å²) in [5, 5.41) is 10.5. The molecule has 0 aromatic carbocycles. The summed E-state index contributed by atoms with van der Waals surface area (Å²) in [7, 11) is 0. The fraction of sp³-hybridized carbons (Fsp3) is 0.923. The molecule has 96 valence electrons. The van der Waals surface area contributed by atoms with E-state index >= 15 is 0 Å². The van der Waals surface area contributed by atoms with Crippen LogP contribution in [0.15, 0.2) is 0 Å². The maximum atomic E-state index is 11.3. The van der Waals surface area contributed by atoms with Crippen LogP contribution in [0.4, 0.5) is 0 Å². The first-order chi connectivity index (χ1) is 8.03. The Labute approximate surface area is 106 Å². The van der Waals surface area contributed by atoms with Crippen molar-refractivity contribution in [3.8, 4) is 0 Å². The van der Waals surface area contributed by atoms with Gasteiger partial charge in [0.1, 0.15) is 6.61 Å². The summed E-state index contributed by atoms with van der Waals surface area (Å²) in [5.41, 5.74) is -0.755. The molecule has 1 N–H and O–H groups in total. The number of alkyl halides is 1. The van der Waals surface area contributed by atoms with Crippen LogP contribution in [0.3, 0.4) is 0 Å². The van der Waals surface area contributed by atoms with Crippen molar-refractivity contribution >= 4 is 17.4 Å². The molecule has 0 aromatic heterocycles. The molecule has 4 saturated carbocycles. The molecule has 0 amide bonds. The first kappa shape index (κ1) is 11.9. The predicted octanol–water partition coefficient (Wildman–Crippen LogP) is 1.89. The molecule has 0 radical (unpaired) electrons. The van der Waals surface area contributed by atoms with Crippen LogP contribution < -0.4 is 0 Å². The van der Waals surface area contributed by atoms with Crippen molar-refractivity contribution in [2.75, 3.05) is 12.5 Å². The van der Waals surface area contributed by atoms with Gasteiger partial charge in [-0.05, 0) is 43.9 Å². The van der Waals surface area contributed by atoms with Crippen LogP contribution in [0.25, 0.3) is 0 Å². The topological polar surface area (TPSA) is 46.5 Å². The van der Waals surface area contributed by atoms with Crippen LogP contribution in [-0.4, -0.2) is 34.6 Å². The number of ketones is 1. The molecule has 17 heavy (non-hydrogen) atoms. The summed E-state index contributed by atoms with van der Waals surface area (Å²) in [6.45, 7) is 0.110. The van der Waals surface area contributed by atoms with E-state index in [0.29, 0.717) is 18.3 Å². The summed E-state index contributed by atoms with van der Waals surface area (Å²) < 4.78 is 5.87. The van der Waals surface area contributed by atoms with E-state index in [-0.39, 0.29) is 23.9 Å². The number of aliphatic hydroxyl groups is 1. The van der Waals surface area contributed by atoms with Crippen LogP contribution in [0, 0.1) is 11.8 Å². The van der Waals surface area contributed by atoms with Crippen LogP contribution >= 0.6 is 11.6 Å². The van der Waals surface area contributed by atoms with Gasteiger partial charge in [-0.3, -0.25) is 4.79 Å². The van der Waals surface area contributed by atoms with E-state index in [2.05, 4.69) is 0 Å². The molecule has 2 unspecified atom stereocenters. The fourth-order valence-electron chi connectivity index (χ4n) is 4.57. The molecule has 4 heteroatoms. The Morgan fingerprint density at radius 3 is 2.47 bits per heavy atom. The average molecular weight is 259 g/mol. The highest BCUT2D eigenvalue weighted by Crippen LogP contribution is 2.58. The number of hydrogen-bond acceptors (Lipinski definition) is 3. The van der Waals surface area contributed by atoms with Crippen molar-refractivity contribution in [1.82, 2.24) is 0 Å². The molecule has 0 spiro atoms. The van der Waals surface area contributed by atoms with Crippen LogP contribution in [-0.2, 0) is 9.53 Å². The minimum Gasteiger partial charge on any atom is -0.390 e. The second-order valence-electron chi connectivity index (χ2n) is 6.33. The maximum absolute atomic E-state index is 11.3. The van der Waals surface area contributed by atoms with E-state index in [4.69, 9.17) is 16.3 Å². The number of carbonyl (C=O) groups is 1. The van der Waals surface area contributed by atoms with Crippen molar-refractivity contribution in [2.24, 2.45) is 11.8 Å². The van der Waals surface area contributed by atoms with Gasteiger partial charge in [0.05, 0.1) is 17.1 Å². The molecule has 0 aromatic rings. The van der Waals surface area contributed by atoms with Gasteiger partial charge in [0, 0.05) is 6.42 Å². The number of halogens is 1. The number of Topliss-reactive ketones (excluding diaryl/α,β-unsaturated/α-hetero) is 1. The molecule has 4 rings (SSSR count). The lowest BCUT2D eigenvalue weighted by Crippen LogP contribution is -2.60. The standard InChI is InChI=1S/C13H19ClO3/c14-6-11(15)7-17-13-4-9-1-10(5-13)3-12(16,2-9)8-13/h9-10,16H,1-8H2. The van der Waals surface area contributed by atoms with Gasteiger partial charge in [-0.25, -0.2) is 0 Å². The summed E-state index contributed by atoms with van der Waals surface area (Å²) in [5.74, 6) is 1.14. The first-order valence-corrected chi connectivity index (χ1v) is 7.00. The molecule has 3 nitrogen and oxygen atoms in total. The second kappa shape index (κ2) is 3.94. The van der Waals surface area contributed by atoms with Gasteiger partial charge in [-0.2, -0.15) is 0 Å². The number of hydrogen-bond donors (Lipinski definition) is 1. The van der Waals surface area contributed by atoms with Gasteiger partial charge in [0.15, 0.2) is 5.78 Å². The minimum atomic E-state index is -0.520. The van der Waals surface area contributed by atoms with Crippen molar-refractivity contribution < 1.29 is 14.6 Å². The van der Waals surface area contributed by atoms with Gasteiger partial charge in [-0.15, -0.1) is 11.6 Å². The minimum absolute atomic E-state index is 0.0210. The first-order valence-electron chi connectivity index (χ1n) is 6.47. The van der Waals surface area contributed by atoms with Crippen LogP contribution in [0.1, 0.15) is 38.5 Å². The van der Waals surface area contributed by atoms with Crippen molar-refractivity contribution in [2.45, 2.75) is 49.7 Å². The second-order valence-corrected chi connectivity index (χ2v) is 6.60. The Bertz CT molecular complexity index is 328. The van der Waals surface area contributed by atoms with Crippen molar-refractivity contribution in [3.05, 3.63) is 0 Å². The zero-order valence-electron chi connectivity index (χ0n) is 9.95. The summed E-state index contributed by atoms with van der Waals surface area (Å²) in [6, 6.07) is 0. The van der Waals surface area contributed by atoms with Gasteiger partial charge < -0.3 is 9.84 Å². The highest BCUT2D eigenvalue weighted by atomic mass is 35.5. The summed E-state index contributed by atoms with van der Waals surface area (Å²) >= 11 is 5.49. The molecule has 0 aliphatic heterocycles. The molecule has 0 heterocycles. The average Bonchev–Trinajstić information content (AvgIpc) is 2.22. The monoisotopic (exact) mass is 258 g/mol. The molecule has 4 aliphatic rings. The third-order valence-corrected chi connectivity index (χ3v) is 4.96. The zero-order valence-corrected chi connectivity index (χ0v) is 10.7. The molecule has 2 atom stereocenters. The Kier molecular flexibility index (Phi) is 2.77. The zero-order chi connectivity index (χ0) is 12.1. The SMILES string of the molecule is O=C(CCl)COC12CC3CC(CC(O)(C3)C1)C2. The highest BCUT2D eigenvalue weighted by molar-refractivity contribution is 6.27. The number of ether oxygens (including phenoxy) is 1. The molecular formula is C13H19ClO3. The van der Waals surface area contributed by atoms with E-state index in [1.807, 2.05) is 0 Å². The lowest BCUT2D eigenvalue weighted by molar-refractivity contribution is -0.219. The Morgan fingerprint density at radius 2 is 1.94 bits per heavy atom. The molecule has 4 bridgehead atoms. The van der Waals surface area contributed by atoms with Crippen molar-refractivity contribution in [1.29, 1.82) is 0 Å². The molecule has 4 fully saturated rings. The van der Waals surface area contributed by atoms with Gasteiger partial charge in [0.25, 0.3) is 0 Å². The maximum Gasteiger partial charge on any atom is 0.173 e. The molecule has 4 aliphatic carbocycles. The fourth-order valence-corrected chi connectivity index (χ4v) is 4.65. The van der Waals surface area contributed by atoms with E-state index in [1.165, 1.54) is 6.42 Å². The quantitative estimate of drug-likeness (QED) is 0.784. The van der Waals surface area contributed by atoms with E-state index < -0.39 is 5.60 Å². The van der Waals surface area contributed by atoms with Crippen LogP contribution in [0.5, 0.6) is 0 Å². The summed E-state index contributed by atoms with van der Waals surface area (Å²) in [4.78, 5) is 11.3. The number of rotatable bonds is 4. The van der Waals surface area contributed by atoms with E-state index in [9.17, 15) is 9.90 Å². The van der Waals surface area contributed by atoms with Gasteiger partial charge in [-0.1, -0.05) is 0 Å². The summed E-state index contributed by atoms with van der Waals surface area (Å²) in [6.07, 6.45) is 5.83. The lowest BCUT2D eigenvalue weighted by Gasteiger charge is -2.59. The number of carbonyl (C=O) groups excluding carboxylic acids is 1. The Hall–Kier alpha value is -0.120. The predicted molar refractivity (Wildman–Crippen MR) is 64.0 cm³/mol. The van der Waals surface area contributed by atoms with Gasteiger partial charge in [0.2, 0.25) is 0 Å². The van der Waals surface area contributed by atoms with Crippen molar-refractivity contribution in [3.63, 3.8) is 0 Å². The highest BCUT2D eigenvalue weighted by Gasteiger charge is 2.57. The van der Waals surface area contributed by atoms with Crippen LogP contribution in [0.2, 0.25) is 0 Å². The van der Waals surface area contributed by atoms with E-state index in [1.54, 1.807) is 0 Å². The Balaban J connectivity index is 1.72. The Morgan fingerprint density at radius 1 is 1.29 bits per heavy atom. The normalized spacial score (nSPS) is 47.4. The van der Waals surface area contributed by atoms with E-state index in [0.717, 1.165) is 25.7 Å². The van der Waals surface area contributed by atoms with Gasteiger partial charge >= 0.3 is 0 Å². The lowest BCUT2D eigenvalue weighted by atomic mass is 9.52.